The average molecular weight is 330 g/mol. The minimum atomic E-state index is -0.767. The molecule has 0 aromatic heterocycles. The third-order valence-electron chi connectivity index (χ3n) is 4.91. The van der Waals surface area contributed by atoms with E-state index in [1.165, 1.54) is 83.5 Å². The van der Waals surface area contributed by atoms with Crippen molar-refractivity contribution in [1.29, 1.82) is 0 Å². The molecule has 23 heavy (non-hydrogen) atoms. The van der Waals surface area contributed by atoms with Crippen LogP contribution in [0.2, 0.25) is 0 Å². The predicted molar refractivity (Wildman–Crippen MR) is 101 cm³/mol. The number of rotatable bonds is 18. The summed E-state index contributed by atoms with van der Waals surface area (Å²) in [4.78, 5) is 0. The number of hydrogen-bond acceptors (Lipinski definition) is 3. The van der Waals surface area contributed by atoms with Gasteiger partial charge in [0, 0.05) is 0 Å². The molecule has 0 aromatic rings. The first-order valence-electron chi connectivity index (χ1n) is 10.2. The van der Waals surface area contributed by atoms with Crippen LogP contribution >= 0.6 is 0 Å². The zero-order valence-electron chi connectivity index (χ0n) is 15.7. The van der Waals surface area contributed by atoms with Crippen molar-refractivity contribution < 1.29 is 10.2 Å². The topological polar surface area (TPSA) is 66.5 Å². The molecule has 4 N–H and O–H groups in total. The van der Waals surface area contributed by atoms with Crippen LogP contribution in [0.5, 0.6) is 0 Å². The summed E-state index contributed by atoms with van der Waals surface area (Å²) in [5.41, 5.74) is 5.08. The average Bonchev–Trinajstić information content (AvgIpc) is 2.58. The largest absolute Gasteiger partial charge is 0.394 e. The molecule has 0 aromatic carbocycles. The Labute approximate surface area is 145 Å². The Morgan fingerprint density at radius 1 is 0.565 bits per heavy atom. The Morgan fingerprint density at radius 2 is 0.870 bits per heavy atom. The second kappa shape index (κ2) is 16.7. The van der Waals surface area contributed by atoms with E-state index in [4.69, 9.17) is 15.9 Å². The van der Waals surface area contributed by atoms with Gasteiger partial charge in [0.25, 0.3) is 0 Å². The molecule has 0 atom stereocenters. The summed E-state index contributed by atoms with van der Waals surface area (Å²) in [5, 5.41) is 18.2. The van der Waals surface area contributed by atoms with Crippen molar-refractivity contribution in [2.24, 2.45) is 5.73 Å². The quantitative estimate of drug-likeness (QED) is 0.312. The minimum absolute atomic E-state index is 0.123. The Hall–Kier alpha value is -0.120. The second-order valence-electron chi connectivity index (χ2n) is 7.38. The molecule has 0 spiro atoms. The van der Waals surface area contributed by atoms with Crippen LogP contribution in [0.15, 0.2) is 0 Å². The molecule has 0 heterocycles. The van der Waals surface area contributed by atoms with Gasteiger partial charge in [0.15, 0.2) is 0 Å². The number of nitrogens with two attached hydrogens (primary N) is 1. The zero-order chi connectivity index (χ0) is 17.2. The van der Waals surface area contributed by atoms with Gasteiger partial charge in [-0.1, -0.05) is 103 Å². The summed E-state index contributed by atoms with van der Waals surface area (Å²) >= 11 is 0. The molecule has 0 aliphatic heterocycles. The molecule has 0 saturated heterocycles. The predicted octanol–water partition coefficient (Wildman–Crippen LogP) is 4.93. The van der Waals surface area contributed by atoms with Gasteiger partial charge in [-0.3, -0.25) is 0 Å². The molecule has 0 bridgehead atoms. The van der Waals surface area contributed by atoms with Crippen molar-refractivity contribution in [3.63, 3.8) is 0 Å². The van der Waals surface area contributed by atoms with Gasteiger partial charge >= 0.3 is 0 Å². The van der Waals surface area contributed by atoms with Gasteiger partial charge < -0.3 is 15.9 Å². The maximum Gasteiger partial charge on any atom is 0.0633 e. The molecule has 0 fully saturated rings. The maximum atomic E-state index is 9.12. The fourth-order valence-corrected chi connectivity index (χ4v) is 3.06. The zero-order valence-corrected chi connectivity index (χ0v) is 15.7. The Morgan fingerprint density at radius 3 is 1.17 bits per heavy atom. The van der Waals surface area contributed by atoms with E-state index in [1.54, 1.807) is 0 Å². The number of aliphatic hydroxyl groups excluding tert-OH is 2. The lowest BCUT2D eigenvalue weighted by Gasteiger charge is -2.24. The highest BCUT2D eigenvalue weighted by Crippen LogP contribution is 2.15. The van der Waals surface area contributed by atoms with Crippen LogP contribution in [-0.4, -0.2) is 29.0 Å². The SMILES string of the molecule is CCCCCCCCCCCCCCCCCC(N)(CO)CO. The van der Waals surface area contributed by atoms with E-state index in [2.05, 4.69) is 6.92 Å². The van der Waals surface area contributed by atoms with Crippen LogP contribution in [0.25, 0.3) is 0 Å². The third kappa shape index (κ3) is 15.2. The van der Waals surface area contributed by atoms with E-state index in [0.717, 1.165) is 19.3 Å². The van der Waals surface area contributed by atoms with Crippen molar-refractivity contribution >= 4 is 0 Å². The molecule has 140 valence electrons. The van der Waals surface area contributed by atoms with Crippen LogP contribution in [-0.2, 0) is 0 Å². The highest BCUT2D eigenvalue weighted by atomic mass is 16.3. The molecule has 0 amide bonds. The van der Waals surface area contributed by atoms with Crippen molar-refractivity contribution in [3.05, 3.63) is 0 Å². The monoisotopic (exact) mass is 329 g/mol. The molecule has 0 rings (SSSR count). The Balaban J connectivity index is 3.14. The smallest absolute Gasteiger partial charge is 0.0633 e. The molecule has 0 unspecified atom stereocenters. The normalized spacial score (nSPS) is 12.0. The van der Waals surface area contributed by atoms with Gasteiger partial charge in [-0.15, -0.1) is 0 Å². The van der Waals surface area contributed by atoms with Crippen LogP contribution in [0.3, 0.4) is 0 Å². The fraction of sp³-hybridized carbons (Fsp3) is 1.00. The van der Waals surface area contributed by atoms with Crippen molar-refractivity contribution in [2.45, 2.75) is 115 Å². The summed E-state index contributed by atoms with van der Waals surface area (Å²) in [6.45, 7) is 2.03. The van der Waals surface area contributed by atoms with Crippen LogP contribution in [0, 0.1) is 0 Å². The molecular formula is C20H43NO2. The molecule has 0 aliphatic rings. The maximum absolute atomic E-state index is 9.12. The molecule has 0 saturated carbocycles. The lowest BCUT2D eigenvalue weighted by atomic mass is 9.94. The molecule has 3 nitrogen and oxygen atoms in total. The van der Waals surface area contributed by atoms with Gasteiger partial charge in [-0.25, -0.2) is 0 Å². The van der Waals surface area contributed by atoms with E-state index in [-0.39, 0.29) is 13.2 Å². The molecular weight excluding hydrogens is 286 g/mol. The van der Waals surface area contributed by atoms with E-state index in [9.17, 15) is 0 Å². The van der Waals surface area contributed by atoms with Gasteiger partial charge in [0.2, 0.25) is 0 Å². The summed E-state index contributed by atoms with van der Waals surface area (Å²) < 4.78 is 0. The number of unbranched alkanes of at least 4 members (excludes halogenated alkanes) is 14. The first-order chi connectivity index (χ1) is 11.2. The van der Waals surface area contributed by atoms with Crippen LogP contribution in [0.4, 0.5) is 0 Å². The van der Waals surface area contributed by atoms with E-state index in [1.807, 2.05) is 0 Å². The van der Waals surface area contributed by atoms with E-state index in [0.29, 0.717) is 0 Å². The van der Waals surface area contributed by atoms with Crippen molar-refractivity contribution in [2.75, 3.05) is 13.2 Å². The summed E-state index contributed by atoms with van der Waals surface area (Å²) in [6.07, 6.45) is 20.9. The second-order valence-corrected chi connectivity index (χ2v) is 7.38. The molecule has 0 radical (unpaired) electrons. The molecule has 3 heteroatoms. The van der Waals surface area contributed by atoms with E-state index < -0.39 is 5.54 Å². The standard InChI is InChI=1S/C20H43NO2/c1-2-3-4-5-6-7-8-9-10-11-12-13-14-15-16-17-20(21,18-22)19-23/h22-23H,2-19,21H2,1H3. The number of aliphatic hydroxyl groups is 2. The van der Waals surface area contributed by atoms with Gasteiger partial charge in [0.05, 0.1) is 18.8 Å². The Kier molecular flexibility index (Phi) is 16.6. The van der Waals surface area contributed by atoms with Crippen LogP contribution < -0.4 is 5.73 Å². The summed E-state index contributed by atoms with van der Waals surface area (Å²) in [6, 6.07) is 0. The van der Waals surface area contributed by atoms with Gasteiger partial charge in [-0.05, 0) is 6.42 Å². The summed E-state index contributed by atoms with van der Waals surface area (Å²) in [7, 11) is 0. The summed E-state index contributed by atoms with van der Waals surface area (Å²) in [5.74, 6) is 0. The third-order valence-corrected chi connectivity index (χ3v) is 4.91. The van der Waals surface area contributed by atoms with Gasteiger partial charge in [-0.2, -0.15) is 0 Å². The Bertz CT molecular complexity index is 230. The first-order valence-corrected chi connectivity index (χ1v) is 10.2. The van der Waals surface area contributed by atoms with Crippen molar-refractivity contribution in [1.82, 2.24) is 0 Å². The lowest BCUT2D eigenvalue weighted by Crippen LogP contribution is -2.47. The highest BCUT2D eigenvalue weighted by Gasteiger charge is 2.21. The fourth-order valence-electron chi connectivity index (χ4n) is 3.06. The minimum Gasteiger partial charge on any atom is -0.394 e. The van der Waals surface area contributed by atoms with Crippen LogP contribution in [0.1, 0.15) is 110 Å². The first kappa shape index (κ1) is 22.9. The van der Waals surface area contributed by atoms with Crippen molar-refractivity contribution in [3.8, 4) is 0 Å². The highest BCUT2D eigenvalue weighted by molar-refractivity contribution is 4.81. The van der Waals surface area contributed by atoms with E-state index >= 15 is 0 Å². The lowest BCUT2D eigenvalue weighted by molar-refractivity contribution is 0.112. The molecule has 0 aliphatic carbocycles. The van der Waals surface area contributed by atoms with Gasteiger partial charge in [0.1, 0.15) is 0 Å². The number of hydrogen-bond donors (Lipinski definition) is 3.